The molecule has 1 aliphatic rings. The Bertz CT molecular complexity index is 778. The van der Waals surface area contributed by atoms with Gasteiger partial charge >= 0.3 is 0 Å². The topological polar surface area (TPSA) is 61.4 Å². The minimum absolute atomic E-state index is 0.0264. The second kappa shape index (κ2) is 7.03. The van der Waals surface area contributed by atoms with Gasteiger partial charge in [-0.25, -0.2) is 0 Å². The maximum Gasteiger partial charge on any atom is 0.244 e. The molecule has 124 valence electrons. The largest absolute Gasteiger partial charge is 0.323 e. The van der Waals surface area contributed by atoms with Crippen LogP contribution in [0.4, 0.5) is 11.4 Å². The number of carbonyl (C=O) groups excluding carboxylic acids is 2. The van der Waals surface area contributed by atoms with Gasteiger partial charge in [0.15, 0.2) is 0 Å². The normalized spacial score (nSPS) is 14.8. The number of nitrogens with zero attached hydrogens (tertiary/aromatic N) is 1. The number of halogens is 1. The number of para-hydroxylation sites is 2. The Morgan fingerprint density at radius 2 is 2.08 bits per heavy atom. The fourth-order valence-electron chi connectivity index (χ4n) is 2.69. The van der Waals surface area contributed by atoms with Crippen molar-refractivity contribution >= 4 is 34.8 Å². The first-order valence-corrected chi connectivity index (χ1v) is 8.10. The molecular weight excluding hydrogens is 326 g/mol. The highest BCUT2D eigenvalue weighted by atomic mass is 35.5. The summed E-state index contributed by atoms with van der Waals surface area (Å²) in [4.78, 5) is 25.9. The lowest BCUT2D eigenvalue weighted by Gasteiger charge is -2.29. The SMILES string of the molecule is C[C@@H](NCC(=O)N1CC(=O)Nc2ccccc21)c1cccc(Cl)c1. The van der Waals surface area contributed by atoms with Crippen LogP contribution < -0.4 is 15.5 Å². The third-order valence-corrected chi connectivity index (χ3v) is 4.21. The fourth-order valence-corrected chi connectivity index (χ4v) is 2.88. The van der Waals surface area contributed by atoms with E-state index in [0.717, 1.165) is 11.3 Å². The zero-order valence-electron chi connectivity index (χ0n) is 13.3. The Morgan fingerprint density at radius 1 is 1.29 bits per heavy atom. The number of anilines is 2. The standard InChI is InChI=1S/C18H18ClN3O2/c1-12(13-5-4-6-14(19)9-13)20-10-18(24)22-11-17(23)21-15-7-2-3-8-16(15)22/h2-9,12,20H,10-11H2,1H3,(H,21,23)/t12-/m1/s1. The van der Waals surface area contributed by atoms with Gasteiger partial charge in [0.25, 0.3) is 0 Å². The highest BCUT2D eigenvalue weighted by Gasteiger charge is 2.26. The Hall–Kier alpha value is -2.37. The van der Waals surface area contributed by atoms with Crippen molar-refractivity contribution in [3.63, 3.8) is 0 Å². The van der Waals surface area contributed by atoms with Gasteiger partial charge in [0.05, 0.1) is 17.9 Å². The van der Waals surface area contributed by atoms with Crippen LogP contribution in [0.2, 0.25) is 5.02 Å². The van der Waals surface area contributed by atoms with Crippen LogP contribution in [0.3, 0.4) is 0 Å². The second-order valence-electron chi connectivity index (χ2n) is 5.70. The summed E-state index contributed by atoms with van der Waals surface area (Å²) in [5.74, 6) is -0.337. The van der Waals surface area contributed by atoms with Gasteiger partial charge in [-0.3, -0.25) is 14.5 Å². The summed E-state index contributed by atoms with van der Waals surface area (Å²) in [5.41, 5.74) is 2.39. The second-order valence-corrected chi connectivity index (χ2v) is 6.14. The number of amides is 2. The average molecular weight is 344 g/mol. The number of fused-ring (bicyclic) bond motifs is 1. The summed E-state index contributed by atoms with van der Waals surface area (Å²) >= 11 is 6.00. The van der Waals surface area contributed by atoms with E-state index in [1.807, 2.05) is 49.4 Å². The molecule has 2 aromatic carbocycles. The van der Waals surface area contributed by atoms with Crippen molar-refractivity contribution in [1.29, 1.82) is 0 Å². The zero-order valence-corrected chi connectivity index (χ0v) is 14.0. The van der Waals surface area contributed by atoms with E-state index in [2.05, 4.69) is 10.6 Å². The number of benzene rings is 2. The molecule has 0 radical (unpaired) electrons. The minimum Gasteiger partial charge on any atom is -0.323 e. The molecule has 0 unspecified atom stereocenters. The monoisotopic (exact) mass is 343 g/mol. The van der Waals surface area contributed by atoms with E-state index in [4.69, 9.17) is 11.6 Å². The summed E-state index contributed by atoms with van der Waals surface area (Å²) in [7, 11) is 0. The molecule has 0 saturated heterocycles. The van der Waals surface area contributed by atoms with Crippen LogP contribution in [0.5, 0.6) is 0 Å². The highest BCUT2D eigenvalue weighted by Crippen LogP contribution is 2.28. The molecule has 6 heteroatoms. The van der Waals surface area contributed by atoms with Crippen molar-refractivity contribution in [2.75, 3.05) is 23.3 Å². The lowest BCUT2D eigenvalue weighted by atomic mass is 10.1. The maximum absolute atomic E-state index is 12.6. The molecule has 2 N–H and O–H groups in total. The van der Waals surface area contributed by atoms with Gasteiger partial charge in [-0.1, -0.05) is 35.9 Å². The summed E-state index contributed by atoms with van der Waals surface area (Å²) in [6.45, 7) is 2.13. The first-order valence-electron chi connectivity index (χ1n) is 7.72. The van der Waals surface area contributed by atoms with Crippen LogP contribution in [0.1, 0.15) is 18.5 Å². The van der Waals surface area contributed by atoms with Crippen molar-refractivity contribution < 1.29 is 9.59 Å². The number of rotatable bonds is 4. The number of hydrogen-bond donors (Lipinski definition) is 2. The number of hydrogen-bond acceptors (Lipinski definition) is 3. The quantitative estimate of drug-likeness (QED) is 0.897. The molecule has 0 saturated carbocycles. The van der Waals surface area contributed by atoms with Gasteiger partial charge in [-0.05, 0) is 36.8 Å². The maximum atomic E-state index is 12.6. The van der Waals surface area contributed by atoms with E-state index in [-0.39, 0.29) is 30.9 Å². The van der Waals surface area contributed by atoms with Crippen LogP contribution >= 0.6 is 11.6 Å². The molecule has 1 heterocycles. The Labute approximate surface area is 145 Å². The minimum atomic E-state index is -0.190. The van der Waals surface area contributed by atoms with Gasteiger partial charge < -0.3 is 10.6 Å². The number of carbonyl (C=O) groups is 2. The van der Waals surface area contributed by atoms with Crippen LogP contribution in [0.25, 0.3) is 0 Å². The third-order valence-electron chi connectivity index (χ3n) is 3.98. The Balaban J connectivity index is 1.68. The molecular formula is C18H18ClN3O2. The average Bonchev–Trinajstić information content (AvgIpc) is 2.58. The molecule has 0 spiro atoms. The highest BCUT2D eigenvalue weighted by molar-refractivity contribution is 6.30. The zero-order chi connectivity index (χ0) is 17.1. The van der Waals surface area contributed by atoms with Crippen LogP contribution in [0.15, 0.2) is 48.5 Å². The van der Waals surface area contributed by atoms with Gasteiger partial charge in [0.2, 0.25) is 11.8 Å². The summed E-state index contributed by atoms with van der Waals surface area (Å²) < 4.78 is 0. The van der Waals surface area contributed by atoms with E-state index in [1.54, 1.807) is 6.07 Å². The van der Waals surface area contributed by atoms with E-state index >= 15 is 0 Å². The van der Waals surface area contributed by atoms with Crippen molar-refractivity contribution in [3.8, 4) is 0 Å². The van der Waals surface area contributed by atoms with Gasteiger partial charge in [0, 0.05) is 11.1 Å². The summed E-state index contributed by atoms with van der Waals surface area (Å²) in [5, 5.41) is 6.62. The van der Waals surface area contributed by atoms with Crippen LogP contribution in [-0.2, 0) is 9.59 Å². The molecule has 2 amide bonds. The molecule has 1 aliphatic heterocycles. The van der Waals surface area contributed by atoms with Crippen molar-refractivity contribution in [1.82, 2.24) is 5.32 Å². The molecule has 2 aromatic rings. The van der Waals surface area contributed by atoms with Crippen LogP contribution in [0, 0.1) is 0 Å². The number of nitrogens with one attached hydrogen (secondary N) is 2. The van der Waals surface area contributed by atoms with E-state index in [9.17, 15) is 9.59 Å². The molecule has 0 bridgehead atoms. The van der Waals surface area contributed by atoms with Crippen molar-refractivity contribution in [3.05, 3.63) is 59.1 Å². The van der Waals surface area contributed by atoms with Gasteiger partial charge in [-0.2, -0.15) is 0 Å². The van der Waals surface area contributed by atoms with E-state index < -0.39 is 0 Å². The Morgan fingerprint density at radius 3 is 2.88 bits per heavy atom. The lowest BCUT2D eigenvalue weighted by molar-refractivity contribution is -0.121. The molecule has 0 aliphatic carbocycles. The van der Waals surface area contributed by atoms with Crippen molar-refractivity contribution in [2.24, 2.45) is 0 Å². The third kappa shape index (κ3) is 3.58. The predicted molar refractivity (Wildman–Crippen MR) is 95.3 cm³/mol. The lowest BCUT2D eigenvalue weighted by Crippen LogP contribution is -2.46. The smallest absolute Gasteiger partial charge is 0.244 e. The van der Waals surface area contributed by atoms with Gasteiger partial charge in [0.1, 0.15) is 6.54 Å². The first-order chi connectivity index (χ1) is 11.5. The van der Waals surface area contributed by atoms with E-state index in [1.165, 1.54) is 4.90 Å². The first kappa shape index (κ1) is 16.5. The van der Waals surface area contributed by atoms with Crippen molar-refractivity contribution in [2.45, 2.75) is 13.0 Å². The molecule has 1 atom stereocenters. The van der Waals surface area contributed by atoms with E-state index in [0.29, 0.717) is 10.7 Å². The molecule has 24 heavy (non-hydrogen) atoms. The molecule has 5 nitrogen and oxygen atoms in total. The molecule has 0 aromatic heterocycles. The predicted octanol–water partition coefficient (Wildman–Crippen LogP) is 2.98. The summed E-state index contributed by atoms with van der Waals surface area (Å²) in [6, 6.07) is 14.8. The summed E-state index contributed by atoms with van der Waals surface area (Å²) in [6.07, 6.45) is 0. The molecule has 3 rings (SSSR count). The molecule has 0 fully saturated rings. The Kier molecular flexibility index (Phi) is 4.83. The fraction of sp³-hybridized carbons (Fsp3) is 0.222. The van der Waals surface area contributed by atoms with Crippen LogP contribution in [-0.4, -0.2) is 24.9 Å². The van der Waals surface area contributed by atoms with Gasteiger partial charge in [-0.15, -0.1) is 0 Å².